The number of alkyl halides is 1. The van der Waals surface area contributed by atoms with Crippen molar-refractivity contribution >= 4 is 11.6 Å². The van der Waals surface area contributed by atoms with Crippen molar-refractivity contribution in [1.29, 1.82) is 0 Å². The number of hydrogen-bond donors (Lipinski definition) is 0. The quantitative estimate of drug-likeness (QED) is 0.675. The molecule has 4 unspecified atom stereocenters. The Labute approximate surface area is 123 Å². The summed E-state index contributed by atoms with van der Waals surface area (Å²) >= 11 is 6.67. The molecule has 2 aromatic carbocycles. The lowest BCUT2D eigenvalue weighted by molar-refractivity contribution is 0.615. The van der Waals surface area contributed by atoms with Crippen molar-refractivity contribution < 1.29 is 4.39 Å². The molecule has 0 aliphatic heterocycles. The van der Waals surface area contributed by atoms with Gasteiger partial charge in [-0.1, -0.05) is 36.4 Å². The third kappa shape index (κ3) is 1.88. The van der Waals surface area contributed by atoms with Crippen LogP contribution in [-0.2, 0) is 6.42 Å². The summed E-state index contributed by atoms with van der Waals surface area (Å²) in [4.78, 5) is 0. The molecule has 2 aliphatic rings. The number of fused-ring (bicyclic) bond motifs is 3. The molecule has 0 heterocycles. The van der Waals surface area contributed by atoms with E-state index in [1.165, 1.54) is 36.1 Å². The molecule has 102 valence electrons. The zero-order chi connectivity index (χ0) is 13.7. The molecule has 1 saturated carbocycles. The largest absolute Gasteiger partial charge is 0.207 e. The second kappa shape index (κ2) is 4.60. The summed E-state index contributed by atoms with van der Waals surface area (Å²) in [5, 5.41) is -0.00300. The minimum absolute atomic E-state index is 0.00300. The van der Waals surface area contributed by atoms with Gasteiger partial charge in [-0.15, -0.1) is 11.6 Å². The van der Waals surface area contributed by atoms with Crippen LogP contribution in [0.25, 0.3) is 0 Å². The van der Waals surface area contributed by atoms with Crippen molar-refractivity contribution in [3.63, 3.8) is 0 Å². The van der Waals surface area contributed by atoms with E-state index >= 15 is 0 Å². The van der Waals surface area contributed by atoms with E-state index in [2.05, 4.69) is 24.3 Å². The molecule has 0 radical (unpaired) electrons. The molecule has 2 heteroatoms. The van der Waals surface area contributed by atoms with E-state index in [0.29, 0.717) is 17.8 Å². The third-order valence-electron chi connectivity index (χ3n) is 4.92. The molecule has 4 atom stereocenters. The highest BCUT2D eigenvalue weighted by Gasteiger charge is 2.56. The minimum atomic E-state index is -0.198. The molecule has 0 nitrogen and oxygen atoms in total. The van der Waals surface area contributed by atoms with E-state index in [9.17, 15) is 4.39 Å². The maximum absolute atomic E-state index is 13.0. The Kier molecular flexibility index (Phi) is 2.85. The topological polar surface area (TPSA) is 0 Å². The van der Waals surface area contributed by atoms with Crippen LogP contribution >= 0.6 is 11.6 Å². The van der Waals surface area contributed by atoms with Gasteiger partial charge in [0.1, 0.15) is 5.82 Å². The van der Waals surface area contributed by atoms with Gasteiger partial charge in [0, 0.05) is 0 Å². The highest BCUT2D eigenvalue weighted by Crippen LogP contribution is 2.65. The van der Waals surface area contributed by atoms with Crippen LogP contribution in [0.3, 0.4) is 0 Å². The third-order valence-corrected chi connectivity index (χ3v) is 5.46. The first-order chi connectivity index (χ1) is 9.75. The van der Waals surface area contributed by atoms with Gasteiger partial charge in [-0.3, -0.25) is 0 Å². The van der Waals surface area contributed by atoms with Gasteiger partial charge in [0.25, 0.3) is 0 Å². The lowest BCUT2D eigenvalue weighted by Gasteiger charge is -2.13. The summed E-state index contributed by atoms with van der Waals surface area (Å²) in [5.41, 5.74) is 4.02. The van der Waals surface area contributed by atoms with Crippen LogP contribution in [-0.4, -0.2) is 0 Å². The predicted octanol–water partition coefficient (Wildman–Crippen LogP) is 5.08. The van der Waals surface area contributed by atoms with Gasteiger partial charge < -0.3 is 0 Å². The van der Waals surface area contributed by atoms with Gasteiger partial charge in [0.05, 0.1) is 5.38 Å². The van der Waals surface area contributed by atoms with Crippen molar-refractivity contribution in [1.82, 2.24) is 0 Å². The maximum Gasteiger partial charge on any atom is 0.123 e. The Hall–Kier alpha value is -1.34. The normalized spacial score (nSPS) is 28.4. The molecule has 20 heavy (non-hydrogen) atoms. The van der Waals surface area contributed by atoms with E-state index in [1.807, 2.05) is 12.1 Å². The fourth-order valence-corrected chi connectivity index (χ4v) is 4.38. The first-order valence-corrected chi connectivity index (χ1v) is 7.66. The fraction of sp³-hybridized carbons (Fsp3) is 0.333. The monoisotopic (exact) mass is 286 g/mol. The van der Waals surface area contributed by atoms with Crippen molar-refractivity contribution in [2.45, 2.75) is 24.1 Å². The molecule has 2 aromatic rings. The molecule has 0 aromatic heterocycles. The van der Waals surface area contributed by atoms with E-state index in [1.54, 1.807) is 0 Å². The van der Waals surface area contributed by atoms with Crippen LogP contribution in [0.2, 0.25) is 0 Å². The molecule has 0 amide bonds. The average molecular weight is 287 g/mol. The summed E-state index contributed by atoms with van der Waals surface area (Å²) < 4.78 is 13.0. The summed E-state index contributed by atoms with van der Waals surface area (Å²) in [6.07, 6.45) is 2.40. The van der Waals surface area contributed by atoms with Crippen molar-refractivity contribution in [3.8, 4) is 0 Å². The number of rotatable bonds is 2. The van der Waals surface area contributed by atoms with Gasteiger partial charge in [-0.05, 0) is 59.4 Å². The smallest absolute Gasteiger partial charge is 0.123 e. The number of hydrogen-bond acceptors (Lipinski definition) is 0. The zero-order valence-electron chi connectivity index (χ0n) is 11.1. The van der Waals surface area contributed by atoms with Gasteiger partial charge in [0.15, 0.2) is 0 Å². The number of halogens is 2. The Balaban J connectivity index is 1.62. The Morgan fingerprint density at radius 3 is 2.60 bits per heavy atom. The van der Waals surface area contributed by atoms with Crippen molar-refractivity contribution in [2.75, 3.05) is 0 Å². The molecule has 1 fully saturated rings. The molecule has 2 aliphatic carbocycles. The van der Waals surface area contributed by atoms with E-state index in [4.69, 9.17) is 11.6 Å². The van der Waals surface area contributed by atoms with Gasteiger partial charge >= 0.3 is 0 Å². The van der Waals surface area contributed by atoms with E-state index < -0.39 is 0 Å². The molecule has 0 bridgehead atoms. The number of benzene rings is 2. The molecule has 0 saturated heterocycles. The molecule has 0 spiro atoms. The minimum Gasteiger partial charge on any atom is -0.207 e. The van der Waals surface area contributed by atoms with Crippen LogP contribution in [0.15, 0.2) is 48.5 Å². The molecule has 0 N–H and O–H groups in total. The predicted molar refractivity (Wildman–Crippen MR) is 79.5 cm³/mol. The highest BCUT2D eigenvalue weighted by atomic mass is 35.5. The summed E-state index contributed by atoms with van der Waals surface area (Å²) in [6.45, 7) is 0. The standard InChI is InChI=1S/C18H16ClF/c19-18(12-5-8-13(20)9-6-12)17-15-10-7-11-3-1-2-4-14(11)16(15)17/h1-6,8-9,15-18H,7,10H2. The van der Waals surface area contributed by atoms with Gasteiger partial charge in [0.2, 0.25) is 0 Å². The van der Waals surface area contributed by atoms with Crippen molar-refractivity contribution in [3.05, 3.63) is 71.0 Å². The maximum atomic E-state index is 13.0. The molecule has 4 rings (SSSR count). The van der Waals surface area contributed by atoms with Crippen molar-refractivity contribution in [2.24, 2.45) is 11.8 Å². The summed E-state index contributed by atoms with van der Waals surface area (Å²) in [7, 11) is 0. The second-order valence-electron chi connectivity index (χ2n) is 5.96. The Morgan fingerprint density at radius 2 is 1.80 bits per heavy atom. The second-order valence-corrected chi connectivity index (χ2v) is 6.43. The van der Waals surface area contributed by atoms with Crippen LogP contribution in [0, 0.1) is 17.7 Å². The summed E-state index contributed by atoms with van der Waals surface area (Å²) in [6, 6.07) is 15.4. The SMILES string of the molecule is Fc1ccc(C(Cl)C2C3CCc4ccccc4C32)cc1. The molecular formula is C18H16ClF. The van der Waals surface area contributed by atoms with Crippen LogP contribution < -0.4 is 0 Å². The molecular weight excluding hydrogens is 271 g/mol. The summed E-state index contributed by atoms with van der Waals surface area (Å²) in [5.74, 6) is 1.62. The highest BCUT2D eigenvalue weighted by molar-refractivity contribution is 6.21. The Bertz CT molecular complexity index is 634. The number of aryl methyl sites for hydroxylation is 1. The first kappa shape index (κ1) is 12.4. The lowest BCUT2D eigenvalue weighted by atomic mass is 9.92. The van der Waals surface area contributed by atoms with Crippen LogP contribution in [0.5, 0.6) is 0 Å². The van der Waals surface area contributed by atoms with Crippen LogP contribution in [0.1, 0.15) is 34.4 Å². The van der Waals surface area contributed by atoms with E-state index in [-0.39, 0.29) is 11.2 Å². The lowest BCUT2D eigenvalue weighted by Crippen LogP contribution is -2.00. The van der Waals surface area contributed by atoms with Gasteiger partial charge in [-0.2, -0.15) is 0 Å². The first-order valence-electron chi connectivity index (χ1n) is 7.23. The zero-order valence-corrected chi connectivity index (χ0v) is 11.9. The van der Waals surface area contributed by atoms with E-state index in [0.717, 1.165) is 5.56 Å². The average Bonchev–Trinajstić information content (AvgIpc) is 3.22. The van der Waals surface area contributed by atoms with Gasteiger partial charge in [-0.25, -0.2) is 4.39 Å². The van der Waals surface area contributed by atoms with Crippen LogP contribution in [0.4, 0.5) is 4.39 Å². The fourth-order valence-electron chi connectivity index (χ4n) is 3.89. The Morgan fingerprint density at radius 1 is 1.05 bits per heavy atom.